The fraction of sp³-hybridized carbons (Fsp3) is 0.0312. The summed E-state index contributed by atoms with van der Waals surface area (Å²) >= 11 is 6.09. The number of hydrogen-bond donors (Lipinski definition) is 2. The Bertz CT molecular complexity index is 6730. The van der Waals surface area contributed by atoms with Crippen molar-refractivity contribution in [3.8, 4) is 33.8 Å². The van der Waals surface area contributed by atoms with Gasteiger partial charge in [-0.15, -0.1) is 0 Å². The number of H-pyrrole nitrogens is 1. The molecule has 4 aromatic heterocycles. The first kappa shape index (κ1) is 61.5. The minimum atomic E-state index is -0.403. The van der Waals surface area contributed by atoms with Crippen molar-refractivity contribution < 1.29 is 0 Å². The molecule has 15 aromatic carbocycles. The lowest BCUT2D eigenvalue weighted by atomic mass is 9.84. The van der Waals surface area contributed by atoms with E-state index in [1.54, 1.807) is 0 Å². The molecular formula is C96H65ClN8. The molecule has 0 radical (unpaired) electrons. The van der Waals surface area contributed by atoms with E-state index in [1.165, 1.54) is 126 Å². The van der Waals surface area contributed by atoms with Crippen molar-refractivity contribution in [2.24, 2.45) is 4.99 Å². The molecule has 496 valence electrons. The highest BCUT2D eigenvalue weighted by atomic mass is 35.5. The fourth-order valence-electron chi connectivity index (χ4n) is 16.6. The number of hydrogen-bond acceptors (Lipinski definition) is 5. The van der Waals surface area contributed by atoms with Crippen molar-refractivity contribution in [2.75, 3.05) is 10.2 Å². The number of rotatable bonds is 7. The summed E-state index contributed by atoms with van der Waals surface area (Å²) in [7, 11) is 0. The summed E-state index contributed by atoms with van der Waals surface area (Å²) in [4.78, 5) is 20.9. The van der Waals surface area contributed by atoms with Crippen molar-refractivity contribution in [3.63, 3.8) is 0 Å². The summed E-state index contributed by atoms with van der Waals surface area (Å²) in [5.41, 5.74) is 23.8. The summed E-state index contributed by atoms with van der Waals surface area (Å²) in [5.74, 6) is 0.853. The highest BCUT2D eigenvalue weighted by Gasteiger charge is 2.40. The van der Waals surface area contributed by atoms with Crippen LogP contribution in [-0.2, 0) is 0 Å². The number of anilines is 3. The zero-order valence-corrected chi connectivity index (χ0v) is 57.7. The highest BCUT2D eigenvalue weighted by molar-refractivity contribution is 6.27. The van der Waals surface area contributed by atoms with Gasteiger partial charge in [0, 0.05) is 105 Å². The molecule has 3 atom stereocenters. The monoisotopic (exact) mass is 1360 g/mol. The molecule has 0 saturated heterocycles. The Labute approximate surface area is 611 Å². The van der Waals surface area contributed by atoms with E-state index in [0.29, 0.717) is 0 Å². The Kier molecular flexibility index (Phi) is 15.0. The van der Waals surface area contributed by atoms with Crippen LogP contribution in [0.2, 0.25) is 0 Å². The Morgan fingerprint density at radius 3 is 1.55 bits per heavy atom. The predicted octanol–water partition coefficient (Wildman–Crippen LogP) is 24.5. The van der Waals surface area contributed by atoms with Gasteiger partial charge in [-0.1, -0.05) is 291 Å². The number of alkyl halides is 1. The summed E-state index contributed by atoms with van der Waals surface area (Å²) in [6, 6.07) is 123. The molecule has 0 saturated carbocycles. The molecular weight excluding hydrogens is 1300 g/mol. The molecule has 19 aromatic rings. The van der Waals surface area contributed by atoms with E-state index in [2.05, 4.69) is 339 Å². The van der Waals surface area contributed by atoms with Crippen LogP contribution in [0.1, 0.15) is 28.2 Å². The van der Waals surface area contributed by atoms with E-state index < -0.39 is 5.62 Å². The third-order valence-electron chi connectivity index (χ3n) is 21.2. The third-order valence-corrected chi connectivity index (χ3v) is 21.4. The zero-order chi connectivity index (χ0) is 69.5. The topological polar surface area (TPSA) is 79.1 Å². The number of aromatic nitrogens is 5. The molecule has 8 nitrogen and oxygen atoms in total. The lowest BCUT2D eigenvalue weighted by molar-refractivity contribution is 0.733. The van der Waals surface area contributed by atoms with Crippen molar-refractivity contribution in [2.45, 2.75) is 17.6 Å². The van der Waals surface area contributed by atoms with Crippen LogP contribution in [0.25, 0.3) is 137 Å². The first-order chi connectivity index (χ1) is 52.0. The number of aliphatic imine (C=N–C) groups is 1. The maximum absolute atomic E-state index is 6.09. The number of allylic oxidation sites excluding steroid dienone is 2. The van der Waals surface area contributed by atoms with Gasteiger partial charge >= 0.3 is 0 Å². The van der Waals surface area contributed by atoms with Crippen molar-refractivity contribution in [1.29, 1.82) is 0 Å². The Hall–Kier alpha value is -13.4. The Morgan fingerprint density at radius 2 is 0.876 bits per heavy atom. The number of fused-ring (bicyclic) bond motifs is 18. The first-order valence-electron chi connectivity index (χ1n) is 35.8. The maximum Gasteiger partial charge on any atom is 0.231 e. The van der Waals surface area contributed by atoms with Crippen LogP contribution in [0.15, 0.2) is 369 Å². The molecule has 0 spiro atoms. The van der Waals surface area contributed by atoms with E-state index in [4.69, 9.17) is 21.6 Å². The van der Waals surface area contributed by atoms with Gasteiger partial charge in [-0.25, -0.2) is 15.0 Å². The van der Waals surface area contributed by atoms with Gasteiger partial charge in [-0.05, 0) is 124 Å². The second-order valence-corrected chi connectivity index (χ2v) is 27.5. The number of nitrogens with zero attached hydrogens (tertiary/aromatic N) is 6. The molecule has 0 bridgehead atoms. The predicted molar refractivity (Wildman–Crippen MR) is 440 cm³/mol. The quantitative estimate of drug-likeness (QED) is 0.123. The summed E-state index contributed by atoms with van der Waals surface area (Å²) in [5, 5.41) is 16.8. The standard InChI is InChI=1S/C48H32N4.C34H22N2.C14H11ClN2/c1-3-15-31(16-4-1)46-38-23-9-12-24-42(38)49-48(50-46)52-44-26-14-10-20-35(44)40-29-32(27-28-45(40)52)39-30-41-36-21-11-13-25-43(36)51(33-17-5-2-6-18-33)47(41)37-22-8-7-19-34(37)39;1-2-10-23(11-3-1)36-33-17-9-7-14-26(33)30-21-28(24-12-4-5-15-27(24)34(30)36)22-18-19-32-29(20-22)25-13-6-8-16-31(25)35-32;15-14-16-12-9-5-4-8-11(12)13(17-14)10-6-2-1-3-7-10/h1-30,40,45H;1-21,35H;1-9,14,16H. The molecule has 6 heterocycles. The Morgan fingerprint density at radius 1 is 0.362 bits per heavy atom. The summed E-state index contributed by atoms with van der Waals surface area (Å²) < 4.78 is 4.84. The largest absolute Gasteiger partial charge is 0.355 e. The smallest absolute Gasteiger partial charge is 0.231 e. The average Bonchev–Trinajstić information content (AvgIpc) is 1.58. The molecule has 3 unspecified atom stereocenters. The minimum Gasteiger partial charge on any atom is -0.355 e. The molecule has 0 amide bonds. The molecule has 1 aliphatic carbocycles. The van der Waals surface area contributed by atoms with Crippen LogP contribution in [0.5, 0.6) is 0 Å². The van der Waals surface area contributed by atoms with Crippen LogP contribution in [0.3, 0.4) is 0 Å². The van der Waals surface area contributed by atoms with Gasteiger partial charge in [-0.3, -0.25) is 0 Å². The van der Waals surface area contributed by atoms with Crippen LogP contribution >= 0.6 is 11.6 Å². The number of halogens is 1. The minimum absolute atomic E-state index is 0.0425. The van der Waals surface area contributed by atoms with Crippen LogP contribution in [0, 0.1) is 0 Å². The van der Waals surface area contributed by atoms with Crippen LogP contribution < -0.4 is 10.2 Å². The molecule has 9 heteroatoms. The average molecular weight is 1370 g/mol. The zero-order valence-electron chi connectivity index (χ0n) is 56.9. The van der Waals surface area contributed by atoms with E-state index in [0.717, 1.165) is 56.3 Å². The lowest BCUT2D eigenvalue weighted by Gasteiger charge is -2.28. The highest BCUT2D eigenvalue weighted by Crippen LogP contribution is 2.51. The summed E-state index contributed by atoms with van der Waals surface area (Å²) in [6.45, 7) is 0. The normalized spacial score (nSPS) is 15.1. The summed E-state index contributed by atoms with van der Waals surface area (Å²) in [6.07, 6.45) is 7.17. The fourth-order valence-corrected chi connectivity index (χ4v) is 16.8. The van der Waals surface area contributed by atoms with Gasteiger partial charge in [0.25, 0.3) is 0 Å². The van der Waals surface area contributed by atoms with E-state index in [1.807, 2.05) is 54.6 Å². The number of benzene rings is 15. The van der Waals surface area contributed by atoms with Gasteiger partial charge in [-0.2, -0.15) is 0 Å². The van der Waals surface area contributed by atoms with Gasteiger partial charge < -0.3 is 24.3 Å². The second kappa shape index (κ2) is 25.6. The third kappa shape index (κ3) is 10.5. The molecule has 2 N–H and O–H groups in total. The van der Waals surface area contributed by atoms with Crippen LogP contribution in [-0.4, -0.2) is 41.5 Å². The van der Waals surface area contributed by atoms with Crippen molar-refractivity contribution >= 4 is 138 Å². The van der Waals surface area contributed by atoms with E-state index in [9.17, 15) is 0 Å². The van der Waals surface area contributed by atoms with Crippen molar-refractivity contribution in [3.05, 3.63) is 386 Å². The molecule has 2 aliphatic heterocycles. The second-order valence-electron chi connectivity index (χ2n) is 27.1. The van der Waals surface area contributed by atoms with Gasteiger partial charge in [0.05, 0.1) is 45.0 Å². The molecule has 3 aliphatic rings. The number of para-hydroxylation sites is 8. The molecule has 105 heavy (non-hydrogen) atoms. The van der Waals surface area contributed by atoms with Crippen molar-refractivity contribution in [1.82, 2.24) is 24.1 Å². The molecule has 22 rings (SSSR count). The first-order valence-corrected chi connectivity index (χ1v) is 36.2. The SMILES string of the molecule is C1=CC2C(C=C1c1cc3c4ccccc4n(-c4ccccc4)c3c3ccccc13)c1ccccc1N2c1nc(-c2ccccc2)c2ccccc2n1.ClC1N=C(c2ccccc2)c2ccccc2N1.c1ccc(-n2c3ccccc3c3cc(-c4ccc5[nH]c6ccccc6c5c4)c4ccccc4c32)cc1. The van der Waals surface area contributed by atoms with Gasteiger partial charge in [0.1, 0.15) is 0 Å². The van der Waals surface area contributed by atoms with E-state index in [-0.39, 0.29) is 12.0 Å². The lowest BCUT2D eigenvalue weighted by Crippen LogP contribution is -2.30. The van der Waals surface area contributed by atoms with E-state index >= 15 is 0 Å². The maximum atomic E-state index is 6.09. The van der Waals surface area contributed by atoms with Gasteiger partial charge in [0.2, 0.25) is 5.95 Å². The number of aromatic amines is 1. The van der Waals surface area contributed by atoms with Crippen LogP contribution in [0.4, 0.5) is 17.3 Å². The Balaban J connectivity index is 0.000000119. The van der Waals surface area contributed by atoms with Gasteiger partial charge in [0.15, 0.2) is 5.62 Å². The number of nitrogens with one attached hydrogen (secondary N) is 2. The molecule has 0 fully saturated rings.